The second kappa shape index (κ2) is 4.96. The lowest BCUT2D eigenvalue weighted by atomic mass is 10.1. The van der Waals surface area contributed by atoms with E-state index in [1.54, 1.807) is 0 Å². The highest BCUT2D eigenvalue weighted by Crippen LogP contribution is 2.14. The van der Waals surface area contributed by atoms with Gasteiger partial charge in [-0.25, -0.2) is 5.84 Å². The third-order valence-corrected chi connectivity index (χ3v) is 2.71. The number of aromatic amines is 1. The van der Waals surface area contributed by atoms with Gasteiger partial charge in [-0.15, -0.1) is 0 Å². The fraction of sp³-hybridized carbons (Fsp3) is 0.182. The normalized spacial score (nSPS) is 10.3. The number of H-pyrrole nitrogens is 1. The van der Waals surface area contributed by atoms with Crippen molar-refractivity contribution in [3.8, 4) is 0 Å². The molecule has 1 aromatic heterocycles. The number of thiocarbonyl (C=S) groups is 1. The molecule has 1 aromatic carbocycles. The first kappa shape index (κ1) is 10.9. The maximum atomic E-state index is 5.15. The Kier molecular flexibility index (Phi) is 3.38. The van der Waals surface area contributed by atoms with Crippen LogP contribution in [0.1, 0.15) is 5.56 Å². The van der Waals surface area contributed by atoms with E-state index < -0.39 is 0 Å². The summed E-state index contributed by atoms with van der Waals surface area (Å²) in [7, 11) is 0. The average Bonchev–Trinajstić information content (AvgIpc) is 2.76. The molecule has 0 unspecified atom stereocenters. The quantitative estimate of drug-likeness (QED) is 0.364. The Balaban J connectivity index is 1.96. The Hall–Kier alpha value is -1.59. The first-order valence-electron chi connectivity index (χ1n) is 5.10. The van der Waals surface area contributed by atoms with Crippen LogP contribution in [0.3, 0.4) is 0 Å². The monoisotopic (exact) mass is 234 g/mol. The predicted octanol–water partition coefficient (Wildman–Crippen LogP) is 1.05. The molecule has 0 atom stereocenters. The fourth-order valence-corrected chi connectivity index (χ4v) is 1.72. The number of benzene rings is 1. The molecule has 0 aliphatic rings. The molecule has 0 aliphatic carbocycles. The van der Waals surface area contributed by atoms with Crippen LogP contribution < -0.4 is 16.6 Å². The minimum absolute atomic E-state index is 0.473. The van der Waals surface area contributed by atoms with Gasteiger partial charge in [0.15, 0.2) is 5.11 Å². The third kappa shape index (κ3) is 2.50. The van der Waals surface area contributed by atoms with E-state index in [-0.39, 0.29) is 0 Å². The number of hydrogen-bond acceptors (Lipinski definition) is 2. The first-order chi connectivity index (χ1) is 7.79. The van der Waals surface area contributed by atoms with Crippen molar-refractivity contribution in [2.24, 2.45) is 5.84 Å². The SMILES string of the molecule is NNC(=S)NCCc1ccc2cc[nH]c2c1. The van der Waals surface area contributed by atoms with Gasteiger partial charge in [0.1, 0.15) is 0 Å². The van der Waals surface area contributed by atoms with Crippen molar-refractivity contribution in [2.45, 2.75) is 6.42 Å². The molecule has 0 saturated heterocycles. The van der Waals surface area contributed by atoms with Crippen molar-refractivity contribution in [1.29, 1.82) is 0 Å². The summed E-state index contributed by atoms with van der Waals surface area (Å²) < 4.78 is 0. The predicted molar refractivity (Wildman–Crippen MR) is 69.9 cm³/mol. The molecule has 5 heteroatoms. The van der Waals surface area contributed by atoms with Gasteiger partial charge in [-0.1, -0.05) is 12.1 Å². The third-order valence-electron chi connectivity index (χ3n) is 2.45. The molecule has 1 heterocycles. The number of aromatic nitrogens is 1. The van der Waals surface area contributed by atoms with Gasteiger partial charge >= 0.3 is 0 Å². The molecule has 0 aliphatic heterocycles. The summed E-state index contributed by atoms with van der Waals surface area (Å²) in [5.74, 6) is 5.15. The zero-order valence-electron chi connectivity index (χ0n) is 8.79. The molecule has 84 valence electrons. The van der Waals surface area contributed by atoms with Gasteiger partial charge in [-0.3, -0.25) is 0 Å². The Labute approximate surface area is 99.2 Å². The smallest absolute Gasteiger partial charge is 0.180 e. The highest BCUT2D eigenvalue weighted by atomic mass is 32.1. The van der Waals surface area contributed by atoms with Crippen molar-refractivity contribution < 1.29 is 0 Å². The Bertz CT molecular complexity index is 491. The first-order valence-corrected chi connectivity index (χ1v) is 5.51. The molecule has 0 fully saturated rings. The Morgan fingerprint density at radius 1 is 1.38 bits per heavy atom. The lowest BCUT2D eigenvalue weighted by molar-refractivity contribution is 0.837. The van der Waals surface area contributed by atoms with Crippen molar-refractivity contribution in [2.75, 3.05) is 6.54 Å². The van der Waals surface area contributed by atoms with E-state index in [0.717, 1.165) is 18.5 Å². The number of hydrazine groups is 1. The van der Waals surface area contributed by atoms with Gasteiger partial charge in [0, 0.05) is 18.3 Å². The van der Waals surface area contributed by atoms with Crippen molar-refractivity contribution in [1.82, 2.24) is 15.7 Å². The second-order valence-electron chi connectivity index (χ2n) is 3.55. The van der Waals surface area contributed by atoms with Crippen LogP contribution in [-0.2, 0) is 6.42 Å². The highest BCUT2D eigenvalue weighted by Gasteiger charge is 1.98. The zero-order chi connectivity index (χ0) is 11.4. The molecule has 4 nitrogen and oxygen atoms in total. The summed E-state index contributed by atoms with van der Waals surface area (Å²) in [6, 6.07) is 8.44. The minimum Gasteiger partial charge on any atom is -0.361 e. The summed E-state index contributed by atoms with van der Waals surface area (Å²) in [4.78, 5) is 3.19. The topological polar surface area (TPSA) is 65.9 Å². The standard InChI is InChI=1S/C11H14N4S/c12-15-11(16)14-5-3-8-1-2-9-4-6-13-10(9)7-8/h1-2,4,6-7,13H,3,5,12H2,(H2,14,15,16). The Morgan fingerprint density at radius 2 is 2.25 bits per heavy atom. The van der Waals surface area contributed by atoms with Gasteiger partial charge in [-0.05, 0) is 41.7 Å². The van der Waals surface area contributed by atoms with E-state index >= 15 is 0 Å². The zero-order valence-corrected chi connectivity index (χ0v) is 9.60. The van der Waals surface area contributed by atoms with Crippen molar-refractivity contribution in [3.05, 3.63) is 36.0 Å². The summed E-state index contributed by atoms with van der Waals surface area (Å²) >= 11 is 4.88. The van der Waals surface area contributed by atoms with Crippen LogP contribution in [0.25, 0.3) is 10.9 Å². The van der Waals surface area contributed by atoms with Crippen LogP contribution in [0.2, 0.25) is 0 Å². The van der Waals surface area contributed by atoms with Crippen LogP contribution in [-0.4, -0.2) is 16.6 Å². The maximum Gasteiger partial charge on any atom is 0.180 e. The molecular formula is C11H14N4S. The van der Waals surface area contributed by atoms with Crippen LogP contribution in [0.4, 0.5) is 0 Å². The minimum atomic E-state index is 0.473. The molecule has 0 radical (unpaired) electrons. The fourth-order valence-electron chi connectivity index (χ4n) is 1.62. The van der Waals surface area contributed by atoms with Gasteiger partial charge in [0.05, 0.1) is 0 Å². The van der Waals surface area contributed by atoms with E-state index in [1.165, 1.54) is 10.9 Å². The summed E-state index contributed by atoms with van der Waals surface area (Å²) in [5.41, 5.74) is 4.82. The Morgan fingerprint density at radius 3 is 3.06 bits per heavy atom. The van der Waals surface area contributed by atoms with Crippen LogP contribution in [0.15, 0.2) is 30.5 Å². The molecular weight excluding hydrogens is 220 g/mol. The highest BCUT2D eigenvalue weighted by molar-refractivity contribution is 7.80. The number of hydrogen-bond donors (Lipinski definition) is 4. The number of rotatable bonds is 3. The maximum absolute atomic E-state index is 5.15. The van der Waals surface area contributed by atoms with Crippen LogP contribution in [0.5, 0.6) is 0 Å². The van der Waals surface area contributed by atoms with E-state index in [4.69, 9.17) is 18.1 Å². The van der Waals surface area contributed by atoms with Crippen molar-refractivity contribution in [3.63, 3.8) is 0 Å². The molecule has 0 saturated carbocycles. The van der Waals surface area contributed by atoms with Crippen LogP contribution in [0, 0.1) is 0 Å². The summed E-state index contributed by atoms with van der Waals surface area (Å²) in [5, 5.41) is 4.71. The van der Waals surface area contributed by atoms with Gasteiger partial charge in [0.25, 0.3) is 0 Å². The van der Waals surface area contributed by atoms with E-state index in [1.807, 2.05) is 6.20 Å². The number of nitrogens with two attached hydrogens (primary N) is 1. The van der Waals surface area contributed by atoms with E-state index in [0.29, 0.717) is 5.11 Å². The lowest BCUT2D eigenvalue weighted by Crippen LogP contribution is -2.40. The molecule has 0 amide bonds. The van der Waals surface area contributed by atoms with E-state index in [2.05, 4.69) is 40.0 Å². The van der Waals surface area contributed by atoms with Gasteiger partial charge in [-0.2, -0.15) is 0 Å². The molecule has 0 bridgehead atoms. The van der Waals surface area contributed by atoms with Crippen molar-refractivity contribution >= 4 is 28.2 Å². The number of nitrogens with one attached hydrogen (secondary N) is 3. The average molecular weight is 234 g/mol. The molecule has 5 N–H and O–H groups in total. The van der Waals surface area contributed by atoms with Gasteiger partial charge < -0.3 is 15.7 Å². The summed E-state index contributed by atoms with van der Waals surface area (Å²) in [6.07, 6.45) is 2.86. The number of fused-ring (bicyclic) bond motifs is 1. The van der Waals surface area contributed by atoms with Crippen LogP contribution >= 0.6 is 12.2 Å². The molecule has 16 heavy (non-hydrogen) atoms. The summed E-state index contributed by atoms with van der Waals surface area (Å²) in [6.45, 7) is 0.773. The largest absolute Gasteiger partial charge is 0.361 e. The molecule has 2 rings (SSSR count). The molecule has 0 spiro atoms. The lowest BCUT2D eigenvalue weighted by Gasteiger charge is -2.06. The second-order valence-corrected chi connectivity index (χ2v) is 3.96. The molecule has 2 aromatic rings. The van der Waals surface area contributed by atoms with Gasteiger partial charge in [0.2, 0.25) is 0 Å². The van der Waals surface area contributed by atoms with E-state index in [9.17, 15) is 0 Å².